The zero-order valence-electron chi connectivity index (χ0n) is 14.0. The van der Waals surface area contributed by atoms with Crippen LogP contribution in [0.3, 0.4) is 0 Å². The molecule has 2 saturated heterocycles. The molecule has 1 atom stereocenters. The van der Waals surface area contributed by atoms with Gasteiger partial charge in [-0.2, -0.15) is 0 Å². The van der Waals surface area contributed by atoms with Gasteiger partial charge in [-0.05, 0) is 12.1 Å². The Morgan fingerprint density at radius 2 is 2.04 bits per heavy atom. The van der Waals surface area contributed by atoms with Crippen LogP contribution in [0.1, 0.15) is 10.4 Å². The molecule has 0 bridgehead atoms. The van der Waals surface area contributed by atoms with Crippen molar-refractivity contribution in [2.75, 3.05) is 56.9 Å². The van der Waals surface area contributed by atoms with E-state index in [2.05, 4.69) is 4.98 Å². The molecule has 0 spiro atoms. The van der Waals surface area contributed by atoms with Gasteiger partial charge in [0.15, 0.2) is 0 Å². The van der Waals surface area contributed by atoms with Crippen LogP contribution in [-0.4, -0.2) is 84.7 Å². The number of anilines is 1. The summed E-state index contributed by atoms with van der Waals surface area (Å²) in [6.07, 6.45) is 1.58. The van der Waals surface area contributed by atoms with Gasteiger partial charge >= 0.3 is 0 Å². The van der Waals surface area contributed by atoms with Crippen molar-refractivity contribution < 1.29 is 14.3 Å². The second kappa shape index (κ2) is 7.40. The predicted octanol–water partition coefficient (Wildman–Crippen LogP) is 0.522. The number of ether oxygens (including phenoxy) is 1. The number of aromatic nitrogens is 1. The second-order valence-corrected chi connectivity index (χ2v) is 7.03. The minimum Gasteiger partial charge on any atom is -0.378 e. The number of rotatable bonds is 3. The number of thioether (sulfide) groups is 1. The van der Waals surface area contributed by atoms with Crippen LogP contribution >= 0.6 is 11.8 Å². The van der Waals surface area contributed by atoms with Crippen LogP contribution in [0.25, 0.3) is 0 Å². The van der Waals surface area contributed by atoms with Gasteiger partial charge in [0.25, 0.3) is 5.91 Å². The number of amides is 2. The van der Waals surface area contributed by atoms with Gasteiger partial charge in [-0.15, -0.1) is 11.8 Å². The van der Waals surface area contributed by atoms with Crippen molar-refractivity contribution in [3.8, 4) is 0 Å². The first-order valence-corrected chi connectivity index (χ1v) is 9.12. The number of hydrogen-bond donors (Lipinski definition) is 0. The summed E-state index contributed by atoms with van der Waals surface area (Å²) in [6, 6.07) is 3.19. The van der Waals surface area contributed by atoms with Crippen molar-refractivity contribution in [2.24, 2.45) is 0 Å². The minimum atomic E-state index is -0.394. The maximum absolute atomic E-state index is 12.8. The number of morpholine rings is 1. The first-order valence-electron chi connectivity index (χ1n) is 7.96. The van der Waals surface area contributed by atoms with Gasteiger partial charge < -0.3 is 19.4 Å². The van der Waals surface area contributed by atoms with E-state index < -0.39 is 6.04 Å². The van der Waals surface area contributed by atoms with E-state index in [1.807, 2.05) is 25.1 Å². The molecule has 1 aromatic rings. The lowest BCUT2D eigenvalue weighted by molar-refractivity contribution is -0.138. The quantitative estimate of drug-likeness (QED) is 0.792. The SMILES string of the molecule is CN(C)c1ccc(C(=O)N2CSC[C@H]2C(=O)N2CCOCC2)cn1. The molecule has 0 radical (unpaired) electrons. The van der Waals surface area contributed by atoms with E-state index in [4.69, 9.17) is 4.74 Å². The summed E-state index contributed by atoms with van der Waals surface area (Å²) in [7, 11) is 3.80. The third-order valence-corrected chi connectivity index (χ3v) is 5.22. The summed E-state index contributed by atoms with van der Waals surface area (Å²) >= 11 is 1.61. The highest BCUT2D eigenvalue weighted by Crippen LogP contribution is 2.25. The third-order valence-electron chi connectivity index (χ3n) is 4.20. The van der Waals surface area contributed by atoms with Crippen LogP contribution in [0.15, 0.2) is 18.3 Å². The highest BCUT2D eigenvalue weighted by molar-refractivity contribution is 7.99. The third kappa shape index (κ3) is 3.49. The average Bonchev–Trinajstić information content (AvgIpc) is 3.11. The minimum absolute atomic E-state index is 0.0227. The Morgan fingerprint density at radius 1 is 1.29 bits per heavy atom. The maximum Gasteiger partial charge on any atom is 0.256 e. The Morgan fingerprint density at radius 3 is 2.67 bits per heavy atom. The molecule has 7 nitrogen and oxygen atoms in total. The van der Waals surface area contributed by atoms with Crippen LogP contribution in [0.4, 0.5) is 5.82 Å². The van der Waals surface area contributed by atoms with Crippen LogP contribution < -0.4 is 4.90 Å². The van der Waals surface area contributed by atoms with Crippen molar-refractivity contribution >= 4 is 29.4 Å². The van der Waals surface area contributed by atoms with E-state index in [1.165, 1.54) is 0 Å². The van der Waals surface area contributed by atoms with Gasteiger partial charge in [0.1, 0.15) is 11.9 Å². The largest absolute Gasteiger partial charge is 0.378 e. The smallest absolute Gasteiger partial charge is 0.256 e. The highest BCUT2D eigenvalue weighted by Gasteiger charge is 2.37. The van der Waals surface area contributed by atoms with E-state index >= 15 is 0 Å². The molecule has 0 aromatic carbocycles. The van der Waals surface area contributed by atoms with Gasteiger partial charge in [0.2, 0.25) is 5.91 Å². The normalized spacial score (nSPS) is 21.0. The summed E-state index contributed by atoms with van der Waals surface area (Å²) in [6.45, 7) is 2.33. The van der Waals surface area contributed by atoms with E-state index in [0.717, 1.165) is 5.82 Å². The lowest BCUT2D eigenvalue weighted by atomic mass is 10.2. The molecule has 1 aromatic heterocycles. The zero-order chi connectivity index (χ0) is 17.1. The predicted molar refractivity (Wildman–Crippen MR) is 93.2 cm³/mol. The molecule has 2 fully saturated rings. The molecule has 2 amide bonds. The first-order chi connectivity index (χ1) is 11.6. The first kappa shape index (κ1) is 17.0. The van der Waals surface area contributed by atoms with E-state index in [0.29, 0.717) is 43.5 Å². The van der Waals surface area contributed by atoms with Crippen molar-refractivity contribution in [3.63, 3.8) is 0 Å². The number of carbonyl (C=O) groups excluding carboxylic acids is 2. The van der Waals surface area contributed by atoms with Gasteiger partial charge in [-0.25, -0.2) is 4.98 Å². The Hall–Kier alpha value is -1.80. The fourth-order valence-electron chi connectivity index (χ4n) is 2.78. The summed E-state index contributed by atoms with van der Waals surface area (Å²) in [5.41, 5.74) is 0.517. The molecule has 2 aliphatic rings. The Kier molecular flexibility index (Phi) is 5.25. The van der Waals surface area contributed by atoms with Gasteiger partial charge in [0.05, 0.1) is 24.7 Å². The Balaban J connectivity index is 1.72. The molecule has 0 saturated carbocycles. The molecule has 0 N–H and O–H groups in total. The molecule has 130 valence electrons. The standard InChI is InChI=1S/C16H22N4O3S/c1-18(2)14-4-3-12(9-17-14)15(21)20-11-24-10-13(20)16(22)19-5-7-23-8-6-19/h3-4,9,13H,5-8,10-11H2,1-2H3/t13-/m0/s1. The zero-order valence-corrected chi connectivity index (χ0v) is 14.8. The fraction of sp³-hybridized carbons (Fsp3) is 0.562. The van der Waals surface area contributed by atoms with Crippen LogP contribution in [0, 0.1) is 0 Å². The van der Waals surface area contributed by atoms with E-state index in [9.17, 15) is 9.59 Å². The average molecular weight is 350 g/mol. The van der Waals surface area contributed by atoms with E-state index in [-0.39, 0.29) is 11.8 Å². The summed E-state index contributed by atoms with van der Waals surface area (Å²) < 4.78 is 5.29. The van der Waals surface area contributed by atoms with Crippen molar-refractivity contribution in [2.45, 2.75) is 6.04 Å². The molecule has 3 rings (SSSR count). The lowest BCUT2D eigenvalue weighted by Crippen LogP contribution is -2.52. The number of pyridine rings is 1. The van der Waals surface area contributed by atoms with Crippen molar-refractivity contribution in [1.82, 2.24) is 14.8 Å². The summed E-state index contributed by atoms with van der Waals surface area (Å²) in [4.78, 5) is 35.2. The van der Waals surface area contributed by atoms with Gasteiger partial charge in [-0.1, -0.05) is 0 Å². The summed E-state index contributed by atoms with van der Waals surface area (Å²) in [5.74, 6) is 1.86. The summed E-state index contributed by atoms with van der Waals surface area (Å²) in [5, 5.41) is 0. The molecule has 0 aliphatic carbocycles. The molecule has 24 heavy (non-hydrogen) atoms. The molecular formula is C16H22N4O3S. The highest BCUT2D eigenvalue weighted by atomic mass is 32.2. The van der Waals surface area contributed by atoms with Crippen molar-refractivity contribution in [3.05, 3.63) is 23.9 Å². The Bertz CT molecular complexity index is 602. The second-order valence-electron chi connectivity index (χ2n) is 6.03. The molecular weight excluding hydrogens is 328 g/mol. The number of nitrogens with zero attached hydrogens (tertiary/aromatic N) is 4. The fourth-order valence-corrected chi connectivity index (χ4v) is 3.93. The van der Waals surface area contributed by atoms with Crippen LogP contribution in [-0.2, 0) is 9.53 Å². The molecule has 8 heteroatoms. The van der Waals surface area contributed by atoms with E-state index in [1.54, 1.807) is 33.8 Å². The molecule has 0 unspecified atom stereocenters. The molecule has 2 aliphatic heterocycles. The van der Waals surface area contributed by atoms with Gasteiger partial charge in [-0.3, -0.25) is 9.59 Å². The molecule has 3 heterocycles. The number of hydrogen-bond acceptors (Lipinski definition) is 6. The monoisotopic (exact) mass is 350 g/mol. The van der Waals surface area contributed by atoms with Crippen LogP contribution in [0.5, 0.6) is 0 Å². The number of carbonyl (C=O) groups is 2. The topological polar surface area (TPSA) is 66.0 Å². The van der Waals surface area contributed by atoms with Crippen LogP contribution in [0.2, 0.25) is 0 Å². The van der Waals surface area contributed by atoms with Crippen molar-refractivity contribution in [1.29, 1.82) is 0 Å². The maximum atomic E-state index is 12.8. The van der Waals surface area contributed by atoms with Gasteiger partial charge in [0, 0.05) is 39.1 Å². The Labute approximate surface area is 145 Å². The lowest BCUT2D eigenvalue weighted by Gasteiger charge is -2.32.